The van der Waals surface area contributed by atoms with Crippen molar-refractivity contribution in [3.05, 3.63) is 58.9 Å². The molecule has 0 radical (unpaired) electrons. The molecule has 1 aliphatic rings. The van der Waals surface area contributed by atoms with Crippen molar-refractivity contribution < 1.29 is 8.42 Å². The lowest BCUT2D eigenvalue weighted by molar-refractivity contribution is 0.181. The summed E-state index contributed by atoms with van der Waals surface area (Å²) in [5.74, 6) is 0. The second-order valence-corrected chi connectivity index (χ2v) is 8.64. The Morgan fingerprint density at radius 3 is 2.08 bits per heavy atom. The third kappa shape index (κ3) is 3.92. The number of nitrogens with zero attached hydrogens (tertiary/aromatic N) is 3. The predicted octanol–water partition coefficient (Wildman–Crippen LogP) is 2.51. The Morgan fingerprint density at radius 1 is 0.960 bits per heavy atom. The van der Waals surface area contributed by atoms with Crippen LogP contribution in [0.1, 0.15) is 22.3 Å². The van der Waals surface area contributed by atoms with Gasteiger partial charge in [0.15, 0.2) is 0 Å². The maximum absolute atomic E-state index is 13.1. The van der Waals surface area contributed by atoms with Crippen LogP contribution in [0.25, 0.3) is 0 Å². The van der Waals surface area contributed by atoms with Crippen LogP contribution in [0.5, 0.6) is 0 Å². The highest BCUT2D eigenvalue weighted by Crippen LogP contribution is 2.26. The van der Waals surface area contributed by atoms with Gasteiger partial charge in [0, 0.05) is 45.1 Å². The number of benzene rings is 1. The normalized spacial score (nSPS) is 16.9. The summed E-state index contributed by atoms with van der Waals surface area (Å²) >= 11 is 0. The predicted molar refractivity (Wildman–Crippen MR) is 98.9 cm³/mol. The van der Waals surface area contributed by atoms with E-state index >= 15 is 0 Å². The van der Waals surface area contributed by atoms with Gasteiger partial charge in [-0.1, -0.05) is 17.7 Å². The lowest BCUT2D eigenvalue weighted by Crippen LogP contribution is -2.48. The zero-order valence-electron chi connectivity index (χ0n) is 15.1. The molecule has 3 rings (SSSR count). The highest BCUT2D eigenvalue weighted by Gasteiger charge is 2.30. The quantitative estimate of drug-likeness (QED) is 0.842. The molecule has 0 aliphatic carbocycles. The average molecular weight is 359 g/mol. The van der Waals surface area contributed by atoms with Crippen molar-refractivity contribution in [2.24, 2.45) is 0 Å². The summed E-state index contributed by atoms with van der Waals surface area (Å²) in [5.41, 5.74) is 3.96. The molecule has 6 heteroatoms. The van der Waals surface area contributed by atoms with Crippen molar-refractivity contribution in [2.45, 2.75) is 32.2 Å². The first-order valence-corrected chi connectivity index (χ1v) is 10.0. The molecule has 0 bridgehead atoms. The van der Waals surface area contributed by atoms with Gasteiger partial charge in [-0.15, -0.1) is 0 Å². The van der Waals surface area contributed by atoms with E-state index in [4.69, 9.17) is 0 Å². The average Bonchev–Trinajstić information content (AvgIpc) is 2.55. The van der Waals surface area contributed by atoms with Gasteiger partial charge < -0.3 is 0 Å². The molecule has 0 unspecified atom stereocenters. The summed E-state index contributed by atoms with van der Waals surface area (Å²) in [6.45, 7) is 9.13. The maximum atomic E-state index is 13.1. The lowest BCUT2D eigenvalue weighted by atomic mass is 10.1. The monoisotopic (exact) mass is 359 g/mol. The number of aromatic nitrogens is 1. The first kappa shape index (κ1) is 18.0. The third-order valence-corrected chi connectivity index (χ3v) is 6.89. The minimum absolute atomic E-state index is 0.473. The van der Waals surface area contributed by atoms with Gasteiger partial charge in [-0.3, -0.25) is 9.88 Å². The Morgan fingerprint density at radius 2 is 1.52 bits per heavy atom. The fourth-order valence-corrected chi connectivity index (χ4v) is 5.41. The molecule has 2 aromatic rings. The van der Waals surface area contributed by atoms with E-state index in [0.717, 1.165) is 36.3 Å². The van der Waals surface area contributed by atoms with Crippen LogP contribution >= 0.6 is 0 Å². The van der Waals surface area contributed by atoms with Crippen LogP contribution in [-0.2, 0) is 16.6 Å². The van der Waals surface area contributed by atoms with Crippen molar-refractivity contribution >= 4 is 10.0 Å². The molecule has 1 fully saturated rings. The van der Waals surface area contributed by atoms with Crippen LogP contribution in [0.3, 0.4) is 0 Å². The van der Waals surface area contributed by atoms with Gasteiger partial charge in [-0.2, -0.15) is 4.31 Å². The fourth-order valence-electron chi connectivity index (χ4n) is 3.58. The molecule has 134 valence electrons. The summed E-state index contributed by atoms with van der Waals surface area (Å²) in [4.78, 5) is 6.79. The highest BCUT2D eigenvalue weighted by atomic mass is 32.2. The Hall–Kier alpha value is -1.76. The number of hydrogen-bond acceptors (Lipinski definition) is 4. The minimum atomic E-state index is -3.44. The largest absolute Gasteiger partial charge is 0.296 e. The number of sulfonamides is 1. The molecule has 1 aromatic carbocycles. The smallest absolute Gasteiger partial charge is 0.243 e. The Labute approximate surface area is 150 Å². The van der Waals surface area contributed by atoms with Crippen molar-refractivity contribution in [1.29, 1.82) is 0 Å². The lowest BCUT2D eigenvalue weighted by Gasteiger charge is -2.34. The van der Waals surface area contributed by atoms with Crippen molar-refractivity contribution in [3.8, 4) is 0 Å². The van der Waals surface area contributed by atoms with E-state index in [2.05, 4.69) is 9.88 Å². The second kappa shape index (κ2) is 7.23. The van der Waals surface area contributed by atoms with Gasteiger partial charge in [0.1, 0.15) is 0 Å². The highest BCUT2D eigenvalue weighted by molar-refractivity contribution is 7.89. The van der Waals surface area contributed by atoms with Gasteiger partial charge in [0.05, 0.1) is 4.90 Å². The van der Waals surface area contributed by atoms with Crippen LogP contribution < -0.4 is 0 Å². The first-order valence-electron chi connectivity index (χ1n) is 8.57. The summed E-state index contributed by atoms with van der Waals surface area (Å²) < 4.78 is 27.8. The zero-order chi connectivity index (χ0) is 18.0. The molecule has 1 aliphatic heterocycles. The van der Waals surface area contributed by atoms with E-state index in [1.165, 1.54) is 5.56 Å². The van der Waals surface area contributed by atoms with Crippen molar-refractivity contribution in [2.75, 3.05) is 26.2 Å². The number of rotatable bonds is 4. The van der Waals surface area contributed by atoms with E-state index in [-0.39, 0.29) is 0 Å². The van der Waals surface area contributed by atoms with Crippen LogP contribution in [0.15, 0.2) is 41.6 Å². The van der Waals surface area contributed by atoms with Crippen LogP contribution in [0.4, 0.5) is 0 Å². The Kier molecular flexibility index (Phi) is 5.22. The molecule has 2 heterocycles. The minimum Gasteiger partial charge on any atom is -0.296 e. The van der Waals surface area contributed by atoms with Crippen molar-refractivity contribution in [1.82, 2.24) is 14.2 Å². The van der Waals surface area contributed by atoms with Gasteiger partial charge in [-0.25, -0.2) is 8.42 Å². The molecule has 5 nitrogen and oxygen atoms in total. The van der Waals surface area contributed by atoms with Crippen LogP contribution in [0, 0.1) is 20.8 Å². The molecule has 0 atom stereocenters. The molecule has 1 aromatic heterocycles. The van der Waals surface area contributed by atoms with Gasteiger partial charge in [-0.05, 0) is 49.6 Å². The molecule has 0 amide bonds. The summed E-state index contributed by atoms with van der Waals surface area (Å²) in [5, 5.41) is 0. The van der Waals surface area contributed by atoms with E-state index in [9.17, 15) is 8.42 Å². The SMILES string of the molecule is Cc1cc(C)c(S(=O)(=O)N2CCN(Cc3ccncc3)CC2)c(C)c1. The summed E-state index contributed by atoms with van der Waals surface area (Å²) in [6, 6.07) is 7.89. The van der Waals surface area contributed by atoms with Crippen LogP contribution in [-0.4, -0.2) is 48.8 Å². The number of piperazine rings is 1. The number of aryl methyl sites for hydroxylation is 3. The van der Waals surface area contributed by atoms with Crippen molar-refractivity contribution in [3.63, 3.8) is 0 Å². The Bertz CT molecular complexity index is 819. The standard InChI is InChI=1S/C19H25N3O2S/c1-15-12-16(2)19(17(3)13-15)25(23,24)22-10-8-21(9-11-22)14-18-4-6-20-7-5-18/h4-7,12-13H,8-11,14H2,1-3H3. The third-order valence-electron chi connectivity index (χ3n) is 4.69. The van der Waals surface area contributed by atoms with Gasteiger partial charge >= 0.3 is 0 Å². The zero-order valence-corrected chi connectivity index (χ0v) is 15.9. The molecule has 0 spiro atoms. The Balaban J connectivity index is 1.72. The number of hydrogen-bond donors (Lipinski definition) is 0. The molecule has 1 saturated heterocycles. The first-order chi connectivity index (χ1) is 11.9. The second-order valence-electron chi connectivity index (χ2n) is 6.76. The summed E-state index contributed by atoms with van der Waals surface area (Å²) in [7, 11) is -3.44. The van der Waals surface area contributed by atoms with E-state index in [1.807, 2.05) is 45.0 Å². The molecular weight excluding hydrogens is 334 g/mol. The number of pyridine rings is 1. The molecule has 0 N–H and O–H groups in total. The van der Waals surface area contributed by atoms with E-state index in [0.29, 0.717) is 18.0 Å². The van der Waals surface area contributed by atoms with E-state index in [1.54, 1.807) is 16.7 Å². The topological polar surface area (TPSA) is 53.5 Å². The fraction of sp³-hybridized carbons (Fsp3) is 0.421. The van der Waals surface area contributed by atoms with E-state index < -0.39 is 10.0 Å². The van der Waals surface area contributed by atoms with Crippen LogP contribution in [0.2, 0.25) is 0 Å². The molecule has 0 saturated carbocycles. The maximum Gasteiger partial charge on any atom is 0.243 e. The van der Waals surface area contributed by atoms with Gasteiger partial charge in [0.25, 0.3) is 0 Å². The molecular formula is C19H25N3O2S. The molecule has 25 heavy (non-hydrogen) atoms. The van der Waals surface area contributed by atoms with Gasteiger partial charge in [0.2, 0.25) is 10.0 Å². The summed E-state index contributed by atoms with van der Waals surface area (Å²) in [6.07, 6.45) is 3.58.